The molecule has 6 heteroatoms. The molecule has 0 aliphatic carbocycles. The number of H-pyrrole nitrogens is 1. The molecule has 1 unspecified atom stereocenters. The SMILES string of the molecule is COc1ccccc1C1C(C(C)=O)=C(O)C(=O)N1CCc1c[nH]c2ccccc12. The van der Waals surface area contributed by atoms with Gasteiger partial charge in [-0.1, -0.05) is 36.4 Å². The molecule has 0 saturated carbocycles. The molecule has 2 aromatic carbocycles. The highest BCUT2D eigenvalue weighted by molar-refractivity contribution is 6.08. The Labute approximate surface area is 168 Å². The van der Waals surface area contributed by atoms with Crippen molar-refractivity contribution in [2.75, 3.05) is 13.7 Å². The van der Waals surface area contributed by atoms with Crippen LogP contribution in [0.1, 0.15) is 24.1 Å². The molecule has 148 valence electrons. The number of aliphatic hydroxyl groups excluding tert-OH is 1. The first kappa shape index (κ1) is 18.8. The Hall–Kier alpha value is -3.54. The first-order valence-electron chi connectivity index (χ1n) is 9.46. The van der Waals surface area contributed by atoms with Crippen molar-refractivity contribution < 1.29 is 19.4 Å². The number of para-hydroxylation sites is 2. The average molecular weight is 390 g/mol. The van der Waals surface area contributed by atoms with Crippen molar-refractivity contribution in [1.29, 1.82) is 0 Å². The quantitative estimate of drug-likeness (QED) is 0.672. The van der Waals surface area contributed by atoms with E-state index in [1.54, 1.807) is 18.1 Å². The molecule has 0 bridgehead atoms. The lowest BCUT2D eigenvalue weighted by molar-refractivity contribution is -0.129. The molecule has 1 aliphatic rings. The summed E-state index contributed by atoms with van der Waals surface area (Å²) in [6, 6.07) is 14.5. The lowest BCUT2D eigenvalue weighted by atomic mass is 9.95. The van der Waals surface area contributed by atoms with Gasteiger partial charge in [0.1, 0.15) is 5.75 Å². The van der Waals surface area contributed by atoms with Crippen molar-refractivity contribution in [3.05, 3.63) is 77.2 Å². The average Bonchev–Trinajstić information content (AvgIpc) is 3.25. The Morgan fingerprint density at radius 2 is 1.90 bits per heavy atom. The molecule has 0 radical (unpaired) electrons. The molecule has 1 amide bonds. The molecule has 1 atom stereocenters. The van der Waals surface area contributed by atoms with Crippen molar-refractivity contribution in [3.63, 3.8) is 0 Å². The number of aliphatic hydroxyl groups is 1. The molecule has 2 heterocycles. The van der Waals surface area contributed by atoms with E-state index in [2.05, 4.69) is 4.98 Å². The molecule has 4 rings (SSSR count). The lowest BCUT2D eigenvalue weighted by Gasteiger charge is -2.27. The summed E-state index contributed by atoms with van der Waals surface area (Å²) in [5.74, 6) is -0.782. The maximum atomic E-state index is 12.8. The highest BCUT2D eigenvalue weighted by Crippen LogP contribution is 2.41. The second-order valence-corrected chi connectivity index (χ2v) is 7.07. The Morgan fingerprint density at radius 3 is 2.66 bits per heavy atom. The number of fused-ring (bicyclic) bond motifs is 1. The van der Waals surface area contributed by atoms with Crippen LogP contribution in [0.25, 0.3) is 10.9 Å². The van der Waals surface area contributed by atoms with E-state index in [0.717, 1.165) is 16.5 Å². The molecule has 6 nitrogen and oxygen atoms in total. The fourth-order valence-corrected chi connectivity index (χ4v) is 4.04. The normalized spacial score (nSPS) is 16.7. The second-order valence-electron chi connectivity index (χ2n) is 7.07. The van der Waals surface area contributed by atoms with Gasteiger partial charge in [-0.15, -0.1) is 0 Å². The number of methoxy groups -OCH3 is 1. The molecule has 3 aromatic rings. The van der Waals surface area contributed by atoms with Gasteiger partial charge < -0.3 is 19.7 Å². The van der Waals surface area contributed by atoms with Crippen LogP contribution in [0.4, 0.5) is 0 Å². The van der Waals surface area contributed by atoms with Crippen molar-refractivity contribution in [3.8, 4) is 5.75 Å². The van der Waals surface area contributed by atoms with Crippen molar-refractivity contribution in [1.82, 2.24) is 9.88 Å². The van der Waals surface area contributed by atoms with Gasteiger partial charge in [0.15, 0.2) is 11.5 Å². The van der Waals surface area contributed by atoms with Crippen LogP contribution in [0.2, 0.25) is 0 Å². The number of ether oxygens (including phenoxy) is 1. The summed E-state index contributed by atoms with van der Waals surface area (Å²) in [5, 5.41) is 11.5. The Kier molecular flexibility index (Phi) is 4.84. The van der Waals surface area contributed by atoms with Crippen LogP contribution in [-0.4, -0.2) is 40.3 Å². The van der Waals surface area contributed by atoms with Gasteiger partial charge in [0.2, 0.25) is 0 Å². The van der Waals surface area contributed by atoms with Crippen molar-refractivity contribution in [2.45, 2.75) is 19.4 Å². The maximum absolute atomic E-state index is 12.8. The van der Waals surface area contributed by atoms with Gasteiger partial charge in [-0.2, -0.15) is 0 Å². The molecule has 1 aliphatic heterocycles. The van der Waals surface area contributed by atoms with E-state index < -0.39 is 17.7 Å². The van der Waals surface area contributed by atoms with Crippen LogP contribution >= 0.6 is 0 Å². The van der Waals surface area contributed by atoms with Gasteiger partial charge in [-0.25, -0.2) is 0 Å². The zero-order valence-corrected chi connectivity index (χ0v) is 16.3. The fourth-order valence-electron chi connectivity index (χ4n) is 4.04. The number of Topliss-reactive ketones (excluding diaryl/α,β-unsaturated/α-hetero) is 1. The number of benzene rings is 2. The number of carbonyl (C=O) groups excluding carboxylic acids is 2. The minimum Gasteiger partial charge on any atom is -0.503 e. The number of carbonyl (C=O) groups is 2. The van der Waals surface area contributed by atoms with Crippen LogP contribution in [-0.2, 0) is 16.0 Å². The highest BCUT2D eigenvalue weighted by Gasteiger charge is 2.43. The van der Waals surface area contributed by atoms with E-state index >= 15 is 0 Å². The summed E-state index contributed by atoms with van der Waals surface area (Å²) < 4.78 is 5.45. The number of hydrogen-bond donors (Lipinski definition) is 2. The minimum atomic E-state index is -0.679. The van der Waals surface area contributed by atoms with Gasteiger partial charge in [-0.05, 0) is 31.0 Å². The van der Waals surface area contributed by atoms with Crippen molar-refractivity contribution >= 4 is 22.6 Å². The van der Waals surface area contributed by atoms with Gasteiger partial charge in [0.25, 0.3) is 5.91 Å². The monoisotopic (exact) mass is 390 g/mol. The first-order chi connectivity index (χ1) is 14.0. The van der Waals surface area contributed by atoms with Crippen LogP contribution in [0.3, 0.4) is 0 Å². The third kappa shape index (κ3) is 3.16. The zero-order valence-electron chi connectivity index (χ0n) is 16.3. The molecule has 0 fully saturated rings. The number of nitrogens with zero attached hydrogens (tertiary/aromatic N) is 1. The summed E-state index contributed by atoms with van der Waals surface area (Å²) >= 11 is 0. The van der Waals surface area contributed by atoms with E-state index in [0.29, 0.717) is 24.3 Å². The standard InChI is InChI=1S/C23H22N2O4/c1-14(26)20-21(17-8-4-6-10-19(17)29-2)25(23(28)22(20)27)12-11-15-13-24-18-9-5-3-7-16(15)18/h3-10,13,21,24,27H,11-12H2,1-2H3. The summed E-state index contributed by atoms with van der Waals surface area (Å²) in [6.45, 7) is 1.72. The molecule has 1 aromatic heterocycles. The largest absolute Gasteiger partial charge is 0.503 e. The number of amides is 1. The van der Waals surface area contributed by atoms with Crippen LogP contribution in [0, 0.1) is 0 Å². The summed E-state index contributed by atoms with van der Waals surface area (Å²) in [5.41, 5.74) is 2.89. The second kappa shape index (κ2) is 7.47. The van der Waals surface area contributed by atoms with Gasteiger partial charge in [-0.3, -0.25) is 9.59 Å². The highest BCUT2D eigenvalue weighted by atomic mass is 16.5. The third-order valence-corrected chi connectivity index (χ3v) is 5.41. The molecule has 0 spiro atoms. The van der Waals surface area contributed by atoms with E-state index in [-0.39, 0.29) is 11.4 Å². The summed E-state index contributed by atoms with van der Waals surface area (Å²) in [6.07, 6.45) is 2.52. The van der Waals surface area contributed by atoms with Crippen molar-refractivity contribution in [2.24, 2.45) is 0 Å². The molecular weight excluding hydrogens is 368 g/mol. The summed E-state index contributed by atoms with van der Waals surface area (Å²) in [7, 11) is 1.54. The first-order valence-corrected chi connectivity index (χ1v) is 9.46. The predicted octanol–water partition coefficient (Wildman–Crippen LogP) is 3.70. The molecule has 2 N–H and O–H groups in total. The number of aromatic amines is 1. The lowest BCUT2D eigenvalue weighted by Crippen LogP contribution is -2.33. The molecule has 0 saturated heterocycles. The maximum Gasteiger partial charge on any atom is 0.290 e. The van der Waals surface area contributed by atoms with Crippen LogP contribution < -0.4 is 4.74 Å². The Morgan fingerprint density at radius 1 is 1.17 bits per heavy atom. The van der Waals surface area contributed by atoms with E-state index in [1.165, 1.54) is 6.92 Å². The Bertz CT molecular complexity index is 1130. The topological polar surface area (TPSA) is 82.6 Å². The third-order valence-electron chi connectivity index (χ3n) is 5.41. The number of nitrogens with one attached hydrogen (secondary N) is 1. The fraction of sp³-hybridized carbons (Fsp3) is 0.217. The molecular formula is C23H22N2O4. The van der Waals surface area contributed by atoms with E-state index in [4.69, 9.17) is 4.74 Å². The van der Waals surface area contributed by atoms with Gasteiger partial charge in [0.05, 0.1) is 18.7 Å². The smallest absolute Gasteiger partial charge is 0.290 e. The van der Waals surface area contributed by atoms with Crippen LogP contribution in [0.5, 0.6) is 5.75 Å². The van der Waals surface area contributed by atoms with E-state index in [9.17, 15) is 14.7 Å². The van der Waals surface area contributed by atoms with Gasteiger partial charge in [0, 0.05) is 29.2 Å². The van der Waals surface area contributed by atoms with E-state index in [1.807, 2.05) is 48.7 Å². The number of aromatic nitrogens is 1. The predicted molar refractivity (Wildman–Crippen MR) is 110 cm³/mol. The minimum absolute atomic E-state index is 0.110. The van der Waals surface area contributed by atoms with Crippen LogP contribution in [0.15, 0.2) is 66.1 Å². The number of rotatable bonds is 6. The summed E-state index contributed by atoms with van der Waals surface area (Å²) in [4.78, 5) is 29.9. The van der Waals surface area contributed by atoms with Gasteiger partial charge >= 0.3 is 0 Å². The Balaban J connectivity index is 1.71. The number of hydrogen-bond acceptors (Lipinski definition) is 4. The number of ketones is 1. The zero-order chi connectivity index (χ0) is 20.5. The molecule has 29 heavy (non-hydrogen) atoms.